The van der Waals surface area contributed by atoms with Crippen LogP contribution in [0.5, 0.6) is 6.01 Å². The van der Waals surface area contributed by atoms with E-state index in [4.69, 9.17) is 4.74 Å². The van der Waals surface area contributed by atoms with E-state index in [9.17, 15) is 9.18 Å². The molecule has 0 bridgehead atoms. The minimum Gasteiger partial charge on any atom is -0.462 e. The fourth-order valence-electron chi connectivity index (χ4n) is 2.96. The third-order valence-corrected chi connectivity index (χ3v) is 4.30. The number of ether oxygens (including phenoxy) is 1. The molecule has 0 spiro atoms. The summed E-state index contributed by atoms with van der Waals surface area (Å²) in [6, 6.07) is 13.7. The standard InChI is InChI=1S/C24H29FN4O2/c1-16(2)15-31-23-27-22(17-7-6-8-18(25)13-17)29(28-23)20-11-9-19(10-12-20)26-21(30)14-24(3,4)5/h6-13,16H,14-15H2,1-5H3,(H,26,30). The van der Waals surface area contributed by atoms with Gasteiger partial charge in [-0.15, -0.1) is 5.10 Å². The Balaban J connectivity index is 1.89. The number of hydrogen-bond donors (Lipinski definition) is 1. The fraction of sp³-hybridized carbons (Fsp3) is 0.375. The summed E-state index contributed by atoms with van der Waals surface area (Å²) in [7, 11) is 0. The van der Waals surface area contributed by atoms with Gasteiger partial charge < -0.3 is 10.1 Å². The summed E-state index contributed by atoms with van der Waals surface area (Å²) in [6.45, 7) is 10.6. The monoisotopic (exact) mass is 424 g/mol. The Morgan fingerprint density at radius 1 is 1.16 bits per heavy atom. The van der Waals surface area contributed by atoms with Crippen LogP contribution >= 0.6 is 0 Å². The molecule has 31 heavy (non-hydrogen) atoms. The number of benzene rings is 2. The van der Waals surface area contributed by atoms with E-state index in [-0.39, 0.29) is 23.1 Å². The lowest BCUT2D eigenvalue weighted by molar-refractivity contribution is -0.117. The maximum atomic E-state index is 13.8. The van der Waals surface area contributed by atoms with Crippen LogP contribution < -0.4 is 10.1 Å². The highest BCUT2D eigenvalue weighted by atomic mass is 19.1. The predicted octanol–water partition coefficient (Wildman–Crippen LogP) is 5.48. The second kappa shape index (κ2) is 9.29. The second-order valence-electron chi connectivity index (χ2n) is 9.18. The zero-order chi connectivity index (χ0) is 22.6. The molecule has 0 aliphatic rings. The van der Waals surface area contributed by atoms with E-state index < -0.39 is 0 Å². The lowest BCUT2D eigenvalue weighted by Crippen LogP contribution is -2.19. The van der Waals surface area contributed by atoms with Crippen molar-refractivity contribution in [2.45, 2.75) is 41.0 Å². The third-order valence-electron chi connectivity index (χ3n) is 4.30. The van der Waals surface area contributed by atoms with Gasteiger partial charge in [-0.05, 0) is 47.7 Å². The summed E-state index contributed by atoms with van der Waals surface area (Å²) in [5.41, 5.74) is 1.92. The van der Waals surface area contributed by atoms with Gasteiger partial charge in [0.2, 0.25) is 5.91 Å². The Hall–Kier alpha value is -3.22. The Labute approximate surface area is 182 Å². The first kappa shape index (κ1) is 22.5. The molecule has 0 aliphatic heterocycles. The molecular weight excluding hydrogens is 395 g/mol. The van der Waals surface area contributed by atoms with Gasteiger partial charge in [0.15, 0.2) is 5.82 Å². The summed E-state index contributed by atoms with van der Waals surface area (Å²) in [4.78, 5) is 16.7. The largest absolute Gasteiger partial charge is 0.462 e. The van der Waals surface area contributed by atoms with Crippen LogP contribution in [0.1, 0.15) is 41.0 Å². The van der Waals surface area contributed by atoms with Crippen molar-refractivity contribution in [3.63, 3.8) is 0 Å². The third kappa shape index (κ3) is 6.38. The van der Waals surface area contributed by atoms with Crippen LogP contribution in [-0.4, -0.2) is 27.3 Å². The van der Waals surface area contributed by atoms with Gasteiger partial charge in [-0.3, -0.25) is 4.79 Å². The smallest absolute Gasteiger partial charge is 0.336 e. The SMILES string of the molecule is CC(C)COc1nc(-c2cccc(F)c2)n(-c2ccc(NC(=O)CC(C)(C)C)cc2)n1. The van der Waals surface area contributed by atoms with E-state index in [0.29, 0.717) is 36.0 Å². The molecule has 1 amide bonds. The minimum absolute atomic E-state index is 0.0363. The van der Waals surface area contributed by atoms with Crippen molar-refractivity contribution in [3.8, 4) is 23.1 Å². The first-order chi connectivity index (χ1) is 14.6. The fourth-order valence-corrected chi connectivity index (χ4v) is 2.96. The number of hydrogen-bond acceptors (Lipinski definition) is 4. The molecule has 0 radical (unpaired) electrons. The molecule has 0 atom stereocenters. The normalized spacial score (nSPS) is 11.6. The van der Waals surface area contributed by atoms with Crippen molar-refractivity contribution in [2.75, 3.05) is 11.9 Å². The molecule has 1 aromatic heterocycles. The van der Waals surface area contributed by atoms with E-state index in [1.807, 2.05) is 58.9 Å². The molecule has 0 aliphatic carbocycles. The van der Waals surface area contributed by atoms with Crippen molar-refractivity contribution in [2.24, 2.45) is 11.3 Å². The average Bonchev–Trinajstić information content (AvgIpc) is 3.10. The van der Waals surface area contributed by atoms with Crippen LogP contribution in [0.2, 0.25) is 0 Å². The van der Waals surface area contributed by atoms with Crippen molar-refractivity contribution in [3.05, 3.63) is 54.3 Å². The average molecular weight is 425 g/mol. The quantitative estimate of drug-likeness (QED) is 0.545. The number of amides is 1. The van der Waals surface area contributed by atoms with Gasteiger partial charge in [-0.25, -0.2) is 9.07 Å². The Morgan fingerprint density at radius 3 is 2.48 bits per heavy atom. The molecular formula is C24H29FN4O2. The van der Waals surface area contributed by atoms with Crippen LogP contribution in [0.4, 0.5) is 10.1 Å². The van der Waals surface area contributed by atoms with Gasteiger partial charge in [-0.1, -0.05) is 46.8 Å². The highest BCUT2D eigenvalue weighted by Crippen LogP contribution is 2.26. The molecule has 1 heterocycles. The van der Waals surface area contributed by atoms with E-state index in [2.05, 4.69) is 15.4 Å². The number of aromatic nitrogens is 3. The zero-order valence-corrected chi connectivity index (χ0v) is 18.6. The van der Waals surface area contributed by atoms with Gasteiger partial charge in [0.25, 0.3) is 0 Å². The number of nitrogens with one attached hydrogen (secondary N) is 1. The number of halogens is 1. The zero-order valence-electron chi connectivity index (χ0n) is 18.6. The highest BCUT2D eigenvalue weighted by molar-refractivity contribution is 5.91. The van der Waals surface area contributed by atoms with Gasteiger partial charge >= 0.3 is 6.01 Å². The molecule has 0 saturated carbocycles. The van der Waals surface area contributed by atoms with Crippen LogP contribution in [0.3, 0.4) is 0 Å². The predicted molar refractivity (Wildman–Crippen MR) is 120 cm³/mol. The molecule has 164 valence electrons. The van der Waals surface area contributed by atoms with Crippen molar-refractivity contribution in [1.82, 2.24) is 14.8 Å². The number of rotatable bonds is 7. The maximum Gasteiger partial charge on any atom is 0.336 e. The summed E-state index contributed by atoms with van der Waals surface area (Å²) in [5, 5.41) is 7.38. The molecule has 0 unspecified atom stereocenters. The van der Waals surface area contributed by atoms with Gasteiger partial charge in [0.1, 0.15) is 5.82 Å². The summed E-state index contributed by atoms with van der Waals surface area (Å²) in [6.07, 6.45) is 0.429. The molecule has 0 saturated heterocycles. The van der Waals surface area contributed by atoms with Crippen molar-refractivity contribution >= 4 is 11.6 Å². The summed E-state index contributed by atoms with van der Waals surface area (Å²) in [5.74, 6) is 0.405. The number of anilines is 1. The Bertz CT molecular complexity index is 1040. The van der Waals surface area contributed by atoms with Crippen molar-refractivity contribution in [1.29, 1.82) is 0 Å². The lowest BCUT2D eigenvalue weighted by Gasteiger charge is -2.17. The lowest BCUT2D eigenvalue weighted by atomic mass is 9.92. The second-order valence-corrected chi connectivity index (χ2v) is 9.18. The van der Waals surface area contributed by atoms with E-state index >= 15 is 0 Å². The summed E-state index contributed by atoms with van der Waals surface area (Å²) >= 11 is 0. The Kier molecular flexibility index (Phi) is 6.73. The van der Waals surface area contributed by atoms with Crippen LogP contribution in [0.15, 0.2) is 48.5 Å². The minimum atomic E-state index is -0.353. The van der Waals surface area contributed by atoms with E-state index in [1.165, 1.54) is 12.1 Å². The summed E-state index contributed by atoms with van der Waals surface area (Å²) < 4.78 is 21.1. The molecule has 3 aromatic rings. The van der Waals surface area contributed by atoms with Crippen LogP contribution in [0.25, 0.3) is 17.1 Å². The number of carbonyl (C=O) groups is 1. The maximum absolute atomic E-state index is 13.8. The van der Waals surface area contributed by atoms with Crippen LogP contribution in [-0.2, 0) is 4.79 Å². The van der Waals surface area contributed by atoms with E-state index in [1.54, 1.807) is 16.8 Å². The molecule has 3 rings (SSSR count). The van der Waals surface area contributed by atoms with Crippen LogP contribution in [0, 0.1) is 17.2 Å². The van der Waals surface area contributed by atoms with E-state index in [0.717, 1.165) is 5.69 Å². The van der Waals surface area contributed by atoms with Gasteiger partial charge in [-0.2, -0.15) is 4.98 Å². The molecule has 7 heteroatoms. The van der Waals surface area contributed by atoms with Gasteiger partial charge in [0, 0.05) is 17.7 Å². The first-order valence-corrected chi connectivity index (χ1v) is 10.4. The molecule has 1 N–H and O–H groups in total. The molecule has 6 nitrogen and oxygen atoms in total. The Morgan fingerprint density at radius 2 is 1.87 bits per heavy atom. The topological polar surface area (TPSA) is 69.0 Å². The first-order valence-electron chi connectivity index (χ1n) is 10.4. The number of nitrogens with zero attached hydrogens (tertiary/aromatic N) is 3. The highest BCUT2D eigenvalue weighted by Gasteiger charge is 2.17. The number of carbonyl (C=O) groups excluding carboxylic acids is 1. The van der Waals surface area contributed by atoms with Gasteiger partial charge in [0.05, 0.1) is 12.3 Å². The molecule has 2 aromatic carbocycles. The van der Waals surface area contributed by atoms with Crippen molar-refractivity contribution < 1.29 is 13.9 Å². The molecule has 0 fully saturated rings.